The molecule has 0 aliphatic rings. The number of halogens is 2. The van der Waals surface area contributed by atoms with E-state index in [4.69, 9.17) is 0 Å². The third-order valence-corrected chi connectivity index (χ3v) is 24.1. The molecule has 0 radical (unpaired) electrons. The van der Waals surface area contributed by atoms with Crippen molar-refractivity contribution in [1.82, 2.24) is 0 Å². The van der Waals surface area contributed by atoms with E-state index < -0.39 is 0 Å². The van der Waals surface area contributed by atoms with Crippen molar-refractivity contribution < 1.29 is 71.5 Å². The first-order valence-corrected chi connectivity index (χ1v) is 54.3. The third-order valence-electron chi connectivity index (χ3n) is 24.1. The summed E-state index contributed by atoms with van der Waals surface area (Å²) in [5.74, 6) is 2.38. The Morgan fingerprint density at radius 3 is 0.568 bits per heavy atom. The van der Waals surface area contributed by atoms with E-state index in [9.17, 15) is 0 Å². The Morgan fingerprint density at radius 2 is 0.381 bits per heavy atom. The first kappa shape index (κ1) is 86.7. The van der Waals surface area contributed by atoms with Gasteiger partial charge < -0.3 is 24.8 Å². The van der Waals surface area contributed by atoms with E-state index in [1.54, 1.807) is 46.7 Å². The maximum absolute atomic E-state index is 2.41. The predicted molar refractivity (Wildman–Crippen MR) is 510 cm³/mol. The number of hydrogen-bond donors (Lipinski definition) is 0. The largest absolute Gasteiger partial charge is 1.00 e. The molecule has 0 saturated heterocycles. The van der Waals surface area contributed by atoms with Gasteiger partial charge in [-0.15, -0.1) is 138 Å². The van der Waals surface area contributed by atoms with Crippen molar-refractivity contribution in [3.05, 3.63) is 362 Å². The van der Waals surface area contributed by atoms with Gasteiger partial charge in [0.1, 0.15) is 0 Å². The van der Waals surface area contributed by atoms with Crippen molar-refractivity contribution in [2.75, 3.05) is 0 Å². The summed E-state index contributed by atoms with van der Waals surface area (Å²) in [4.78, 5) is 0. The van der Waals surface area contributed by atoms with E-state index in [0.29, 0.717) is 23.7 Å². The second kappa shape index (κ2) is 39.3. The molecule has 0 amide bonds. The van der Waals surface area contributed by atoms with Gasteiger partial charge in [-0.25, -0.2) is 0 Å². The topological polar surface area (TPSA) is 0 Å². The van der Waals surface area contributed by atoms with Crippen LogP contribution in [0.2, 0.25) is 26.2 Å². The van der Waals surface area contributed by atoms with Crippen molar-refractivity contribution in [1.29, 1.82) is 0 Å². The van der Waals surface area contributed by atoms with E-state index in [0.717, 1.165) is 0 Å². The molecular formula is C112H104Cl2Si2Zr2-2. The third kappa shape index (κ3) is 18.4. The van der Waals surface area contributed by atoms with Gasteiger partial charge in [-0.05, 0) is 156 Å². The summed E-state index contributed by atoms with van der Waals surface area (Å²) in [6, 6.07) is 125. The summed E-state index contributed by atoms with van der Waals surface area (Å²) < 4.78 is 0. The Balaban J connectivity index is 0.000000131. The Kier molecular flexibility index (Phi) is 28.9. The molecule has 0 saturated carbocycles. The fourth-order valence-electron chi connectivity index (χ4n) is 17.2. The summed E-state index contributed by atoms with van der Waals surface area (Å²) in [6.45, 7) is 27.6. The Hall–Kier alpha value is -9.18. The van der Waals surface area contributed by atoms with Crippen LogP contribution in [0.4, 0.5) is 0 Å². The summed E-state index contributed by atoms with van der Waals surface area (Å²) >= 11 is 3.48. The van der Waals surface area contributed by atoms with E-state index in [2.05, 4.69) is 421 Å². The van der Waals surface area contributed by atoms with Gasteiger partial charge in [0.25, 0.3) is 0 Å². The van der Waals surface area contributed by atoms with E-state index in [1.807, 2.05) is 0 Å². The molecule has 0 spiro atoms. The Labute approximate surface area is 741 Å². The van der Waals surface area contributed by atoms with Crippen molar-refractivity contribution in [2.45, 2.75) is 131 Å². The Morgan fingerprint density at radius 1 is 0.212 bits per heavy atom. The van der Waals surface area contributed by atoms with Crippen LogP contribution in [-0.2, 0) is 46.7 Å². The molecule has 20 rings (SSSR count). The van der Waals surface area contributed by atoms with Gasteiger partial charge in [0.05, 0.1) is 0 Å². The van der Waals surface area contributed by atoms with Crippen LogP contribution in [0.1, 0.15) is 127 Å². The van der Waals surface area contributed by atoms with Gasteiger partial charge in [0.15, 0.2) is 0 Å². The first-order valence-electron chi connectivity index (χ1n) is 41.9. The minimum Gasteiger partial charge on any atom is -1.00 e. The summed E-state index contributed by atoms with van der Waals surface area (Å²) in [5.41, 5.74) is 16.9. The zero-order valence-electron chi connectivity index (χ0n) is 70.2. The smallest absolute Gasteiger partial charge is 1.00 e. The summed E-state index contributed by atoms with van der Waals surface area (Å²) in [7, 11) is 0. The number of fused-ring (bicyclic) bond motifs is 16. The van der Waals surface area contributed by atoms with Crippen LogP contribution < -0.4 is 24.8 Å². The maximum atomic E-state index is 2.41. The molecular weight excluding hydrogens is 1650 g/mol. The van der Waals surface area contributed by atoms with E-state index in [-0.39, 0.29) is 35.7 Å². The van der Waals surface area contributed by atoms with Crippen molar-refractivity contribution >= 4 is 140 Å². The monoisotopic (exact) mass is 1750 g/mol. The van der Waals surface area contributed by atoms with Gasteiger partial charge in [0.2, 0.25) is 0 Å². The quantitative estimate of drug-likeness (QED) is 0.0650. The van der Waals surface area contributed by atoms with Crippen molar-refractivity contribution in [2.24, 2.45) is 0 Å². The molecule has 0 aliphatic carbocycles. The molecule has 0 aromatic heterocycles. The molecule has 4 atom stereocenters. The molecule has 20 aromatic rings. The average molecular weight is 1760 g/mol. The van der Waals surface area contributed by atoms with Crippen molar-refractivity contribution in [3.8, 4) is 44.5 Å². The summed E-state index contributed by atoms with van der Waals surface area (Å²) in [6.07, 6.45) is 4.68. The van der Waals surface area contributed by atoms with E-state index in [1.165, 1.54) is 222 Å². The normalized spacial score (nSPS) is 12.2. The predicted octanol–water partition coefficient (Wildman–Crippen LogP) is 27.8. The molecule has 0 aliphatic heterocycles. The van der Waals surface area contributed by atoms with Crippen LogP contribution in [0.25, 0.3) is 174 Å². The van der Waals surface area contributed by atoms with Gasteiger partial charge in [0, 0.05) is 0 Å². The Bertz CT molecular complexity index is 6150. The van der Waals surface area contributed by atoms with Gasteiger partial charge >= 0.3 is 83.7 Å². The summed E-state index contributed by atoms with van der Waals surface area (Å²) in [5, 5.41) is 32.0. The van der Waals surface area contributed by atoms with Crippen LogP contribution in [0, 0.1) is 0 Å². The number of hydrogen-bond acceptors (Lipinski definition) is 0. The molecule has 118 heavy (non-hydrogen) atoms. The molecule has 20 aromatic carbocycles. The number of rotatable bonds is 12. The molecule has 0 fully saturated rings. The van der Waals surface area contributed by atoms with E-state index >= 15 is 0 Å². The second-order valence-electron chi connectivity index (χ2n) is 32.4. The molecule has 0 nitrogen and oxygen atoms in total. The van der Waals surface area contributed by atoms with Gasteiger partial charge in [-0.2, -0.15) is 24.3 Å². The molecule has 0 heterocycles. The number of benzene rings is 16. The first-order chi connectivity index (χ1) is 56.5. The standard InChI is InChI=1S/4C27H23.2C2H6Si.2ClH.2Zr/c4*1-3-18(2)21-15-19-10-8-14-25(26(19)17-21)27-16-20-9-4-5-11-22(20)23-12-6-7-13-24(23)27;2*1-3-2;;;;/h4*4-18H,3H2,1-2H3;2*1-2H3;2*1H;;/q4*-1;;;;;2*+2/p-2. The zero-order chi connectivity index (χ0) is 80.7. The van der Waals surface area contributed by atoms with Crippen LogP contribution >= 0.6 is 0 Å². The van der Waals surface area contributed by atoms with Crippen LogP contribution in [0.3, 0.4) is 0 Å². The fraction of sp³-hybridized carbons (Fsp3) is 0.179. The second-order valence-corrected chi connectivity index (χ2v) is 51.1. The van der Waals surface area contributed by atoms with Gasteiger partial charge in [-0.3, -0.25) is 0 Å². The SMILES string of the molecule is CCC(C)c1cc2c(-c3cc4ccccc4c4ccccc34)cccc2[cH-]1.CCC(C)c1cc2c(-c3cc4ccccc4c4ccccc34)cccc2[cH-]1.CCC(C)c1cc2c(-c3cc4ccccc4c4ccccc34)cccc2[cH-]1.CCC(C)c1cc2c(-c3cc4ccccc4c4ccccc34)cccc2[cH-]1.C[Si](C)=[Zr+2].C[Si](C)=[Zr+2].[Cl-].[Cl-]. The average Bonchev–Trinajstić information content (AvgIpc) is 1.29. The maximum Gasteiger partial charge on any atom is -1.00 e. The minimum atomic E-state index is 0. The molecule has 0 bridgehead atoms. The van der Waals surface area contributed by atoms with Crippen molar-refractivity contribution in [3.63, 3.8) is 0 Å². The van der Waals surface area contributed by atoms with Crippen LogP contribution in [0.5, 0.6) is 0 Å². The van der Waals surface area contributed by atoms with Crippen LogP contribution in [0.15, 0.2) is 340 Å². The molecule has 4 unspecified atom stereocenters. The zero-order valence-corrected chi connectivity index (χ0v) is 78.7. The van der Waals surface area contributed by atoms with Crippen LogP contribution in [-0.4, -0.2) is 10.9 Å². The molecule has 584 valence electrons. The van der Waals surface area contributed by atoms with Gasteiger partial charge in [-0.1, -0.05) is 322 Å². The molecule has 6 heteroatoms. The molecule has 0 N–H and O–H groups in total. The fourth-order valence-corrected chi connectivity index (χ4v) is 17.2. The minimum absolute atomic E-state index is 0.